The summed E-state index contributed by atoms with van der Waals surface area (Å²) in [4.78, 5) is 41.2. The first-order chi connectivity index (χ1) is 16.2. The highest BCUT2D eigenvalue weighted by Gasteiger charge is 2.73. The highest BCUT2D eigenvalue weighted by molar-refractivity contribution is 6.14. The van der Waals surface area contributed by atoms with Crippen molar-refractivity contribution in [2.45, 2.75) is 122 Å². The lowest BCUT2D eigenvalue weighted by molar-refractivity contribution is -0.366. The van der Waals surface area contributed by atoms with E-state index in [4.69, 9.17) is 9.47 Å². The number of carbonyl (C=O) groups is 3. The largest absolute Gasteiger partial charge is 0.374 e. The Kier molecular flexibility index (Phi) is 6.93. The van der Waals surface area contributed by atoms with Crippen LogP contribution >= 0.6 is 0 Å². The lowest BCUT2D eigenvalue weighted by Crippen LogP contribution is -2.79. The molecule has 0 radical (unpaired) electrons. The molecule has 4 aliphatic rings. The number of amides is 4. The molecule has 1 aliphatic carbocycles. The summed E-state index contributed by atoms with van der Waals surface area (Å²) in [6.07, 6.45) is 10.6. The van der Waals surface area contributed by atoms with Gasteiger partial charge >= 0.3 is 6.03 Å². The Morgan fingerprint density at radius 2 is 1.62 bits per heavy atom. The lowest BCUT2D eigenvalue weighted by Gasteiger charge is -2.72. The smallest absolute Gasteiger partial charge is 0.333 e. The molecule has 0 N–H and O–H groups in total. The van der Waals surface area contributed by atoms with E-state index in [9.17, 15) is 14.4 Å². The molecule has 3 aliphatic heterocycles. The first-order valence-electron chi connectivity index (χ1n) is 13.6. The molecule has 5 unspecified atom stereocenters. The maximum atomic E-state index is 13.3. The van der Waals surface area contributed by atoms with Gasteiger partial charge in [-0.15, -0.1) is 0 Å². The van der Waals surface area contributed by atoms with E-state index in [1.54, 1.807) is 0 Å². The van der Waals surface area contributed by atoms with E-state index in [0.717, 1.165) is 62.9 Å². The molecule has 2 spiro atoms. The fourth-order valence-electron chi connectivity index (χ4n) is 7.71. The van der Waals surface area contributed by atoms with Gasteiger partial charge in [-0.05, 0) is 44.9 Å². The molecule has 4 fully saturated rings. The van der Waals surface area contributed by atoms with Gasteiger partial charge in [0.15, 0.2) is 0 Å². The van der Waals surface area contributed by atoms with Crippen molar-refractivity contribution < 1.29 is 23.9 Å². The van der Waals surface area contributed by atoms with Gasteiger partial charge in [0.25, 0.3) is 0 Å². The minimum absolute atomic E-state index is 0.156. The summed E-state index contributed by atoms with van der Waals surface area (Å²) in [6, 6.07) is -0.736. The third-order valence-corrected chi connectivity index (χ3v) is 10.1. The zero-order chi connectivity index (χ0) is 24.8. The zero-order valence-electron chi connectivity index (χ0n) is 21.9. The predicted octanol–water partition coefficient (Wildman–Crippen LogP) is 5.06. The average molecular weight is 477 g/mol. The number of urea groups is 1. The van der Waals surface area contributed by atoms with Gasteiger partial charge in [0.05, 0.1) is 30.5 Å². The van der Waals surface area contributed by atoms with Crippen LogP contribution in [0.15, 0.2) is 0 Å². The van der Waals surface area contributed by atoms with Crippen LogP contribution in [-0.4, -0.2) is 65.2 Å². The second-order valence-electron chi connectivity index (χ2n) is 11.3. The normalized spacial score (nSPS) is 40.1. The minimum atomic E-state index is -0.476. The second kappa shape index (κ2) is 9.20. The van der Waals surface area contributed by atoms with Gasteiger partial charge in [-0.3, -0.25) is 19.4 Å². The Morgan fingerprint density at radius 3 is 2.15 bits per heavy atom. The van der Waals surface area contributed by atoms with Crippen molar-refractivity contribution in [1.29, 1.82) is 0 Å². The molecule has 0 aromatic heterocycles. The van der Waals surface area contributed by atoms with Gasteiger partial charge in [0.1, 0.15) is 6.42 Å². The maximum absolute atomic E-state index is 13.3. The second-order valence-corrected chi connectivity index (χ2v) is 11.3. The van der Waals surface area contributed by atoms with Crippen LogP contribution in [-0.2, 0) is 19.1 Å². The maximum Gasteiger partial charge on any atom is 0.333 e. The molecule has 4 amide bonds. The highest BCUT2D eigenvalue weighted by atomic mass is 16.5. The van der Waals surface area contributed by atoms with Gasteiger partial charge in [0, 0.05) is 17.9 Å². The van der Waals surface area contributed by atoms with Crippen molar-refractivity contribution in [1.82, 2.24) is 9.80 Å². The summed E-state index contributed by atoms with van der Waals surface area (Å²) in [5.41, 5.74) is -0.767. The van der Waals surface area contributed by atoms with Gasteiger partial charge in [-0.2, -0.15) is 0 Å². The molecule has 0 aromatic carbocycles. The standard InChI is InChI=1S/C27H44N2O5/c1-6-10-13-24(8-3)18-33-27(24)15-12-20(29-22(31)16-21(30)28(5)23(29)32)25(17-27)19-34-26(25,9-4)14-11-7-2/h20H,6-19H2,1-5H3. The number of unbranched alkanes of at least 4 members (excludes halogenated alkanes) is 2. The Labute approximate surface area is 204 Å². The van der Waals surface area contributed by atoms with E-state index in [1.165, 1.54) is 24.8 Å². The topological polar surface area (TPSA) is 76.2 Å². The number of rotatable bonds is 9. The minimum Gasteiger partial charge on any atom is -0.374 e. The number of hydrogen-bond acceptors (Lipinski definition) is 5. The summed E-state index contributed by atoms with van der Waals surface area (Å²) in [5, 5.41) is 0. The fourth-order valence-corrected chi connectivity index (χ4v) is 7.71. The van der Waals surface area contributed by atoms with Gasteiger partial charge in [-0.1, -0.05) is 53.4 Å². The van der Waals surface area contributed by atoms with Crippen molar-refractivity contribution in [3.05, 3.63) is 0 Å². The highest BCUT2D eigenvalue weighted by Crippen LogP contribution is 2.68. The van der Waals surface area contributed by atoms with Crippen LogP contribution in [0.25, 0.3) is 0 Å². The molecule has 192 valence electrons. The van der Waals surface area contributed by atoms with Crippen molar-refractivity contribution in [3.63, 3.8) is 0 Å². The van der Waals surface area contributed by atoms with E-state index in [2.05, 4.69) is 27.7 Å². The molecule has 5 atom stereocenters. The summed E-state index contributed by atoms with van der Waals surface area (Å²) in [5.74, 6) is -0.778. The van der Waals surface area contributed by atoms with Crippen LogP contribution in [0.3, 0.4) is 0 Å². The van der Waals surface area contributed by atoms with Crippen LogP contribution in [0.5, 0.6) is 0 Å². The van der Waals surface area contributed by atoms with Crippen LogP contribution < -0.4 is 0 Å². The fraction of sp³-hybridized carbons (Fsp3) is 0.889. The van der Waals surface area contributed by atoms with Crippen molar-refractivity contribution >= 4 is 17.8 Å². The van der Waals surface area contributed by atoms with Crippen LogP contribution in [0.4, 0.5) is 4.79 Å². The Balaban J connectivity index is 1.75. The summed E-state index contributed by atoms with van der Waals surface area (Å²) in [7, 11) is 1.49. The molecular formula is C27H44N2O5. The Hall–Kier alpha value is -1.47. The van der Waals surface area contributed by atoms with Crippen molar-refractivity contribution in [2.24, 2.45) is 10.8 Å². The van der Waals surface area contributed by atoms with E-state index >= 15 is 0 Å². The molecule has 4 rings (SSSR count). The number of barbiturate groups is 1. The Morgan fingerprint density at radius 1 is 0.912 bits per heavy atom. The number of imide groups is 2. The summed E-state index contributed by atoms with van der Waals surface area (Å²) < 4.78 is 13.0. The number of ether oxygens (including phenoxy) is 2. The van der Waals surface area contributed by atoms with Crippen molar-refractivity contribution in [2.75, 3.05) is 20.3 Å². The third kappa shape index (κ3) is 3.40. The molecule has 3 saturated heterocycles. The average Bonchev–Trinajstić information content (AvgIpc) is 2.82. The van der Waals surface area contributed by atoms with Crippen molar-refractivity contribution in [3.8, 4) is 0 Å². The van der Waals surface area contributed by atoms with Gasteiger partial charge < -0.3 is 9.47 Å². The first kappa shape index (κ1) is 25.6. The number of carbonyl (C=O) groups excluding carboxylic acids is 3. The number of nitrogens with zero attached hydrogens (tertiary/aromatic N) is 2. The van der Waals surface area contributed by atoms with Gasteiger partial charge in [-0.25, -0.2) is 4.79 Å². The molecule has 1 saturated carbocycles. The molecular weight excluding hydrogens is 432 g/mol. The lowest BCUT2D eigenvalue weighted by atomic mass is 9.46. The molecule has 3 heterocycles. The van der Waals surface area contributed by atoms with E-state index in [0.29, 0.717) is 13.0 Å². The van der Waals surface area contributed by atoms with E-state index < -0.39 is 11.9 Å². The summed E-state index contributed by atoms with van der Waals surface area (Å²) in [6.45, 7) is 10.2. The van der Waals surface area contributed by atoms with Gasteiger partial charge in [0.2, 0.25) is 11.8 Å². The molecule has 34 heavy (non-hydrogen) atoms. The van der Waals surface area contributed by atoms with Crippen LogP contribution in [0, 0.1) is 10.8 Å². The monoisotopic (exact) mass is 476 g/mol. The predicted molar refractivity (Wildman–Crippen MR) is 129 cm³/mol. The summed E-state index contributed by atoms with van der Waals surface area (Å²) >= 11 is 0. The first-order valence-corrected chi connectivity index (χ1v) is 13.6. The van der Waals surface area contributed by atoms with E-state index in [-0.39, 0.29) is 40.4 Å². The molecule has 0 aromatic rings. The number of hydrogen-bond donors (Lipinski definition) is 0. The Bertz CT molecular complexity index is 824. The zero-order valence-corrected chi connectivity index (χ0v) is 21.9. The van der Waals surface area contributed by atoms with E-state index in [1.807, 2.05) is 0 Å². The SMILES string of the molecule is CCCCC1(CC)COC12CCC(N1C(=O)CC(=O)N(C)C1=O)C1(COC1(CC)CCCC)C2. The quantitative estimate of drug-likeness (QED) is 0.435. The molecule has 7 nitrogen and oxygen atoms in total. The molecule has 7 heteroatoms. The third-order valence-electron chi connectivity index (χ3n) is 10.1. The van der Waals surface area contributed by atoms with Crippen LogP contribution in [0.2, 0.25) is 0 Å². The molecule has 0 bridgehead atoms. The van der Waals surface area contributed by atoms with Crippen LogP contribution in [0.1, 0.15) is 105 Å².